The summed E-state index contributed by atoms with van der Waals surface area (Å²) < 4.78 is 7.55. The third kappa shape index (κ3) is 4.66. The van der Waals surface area contributed by atoms with Crippen molar-refractivity contribution in [2.45, 2.75) is 58.0 Å². The van der Waals surface area contributed by atoms with E-state index in [1.165, 1.54) is 24.6 Å². The second kappa shape index (κ2) is 8.99. The SMILES string of the molecule is CC1(C)C[C@H]2C[C@](C)(CN2Cn2c(O)c(N=NC(=O)CSc3nc4ccccc4o3)c3ccccc32)C1. The fourth-order valence-electron chi connectivity index (χ4n) is 6.61. The summed E-state index contributed by atoms with van der Waals surface area (Å²) in [6.45, 7) is 8.71. The number of thioether (sulfide) groups is 1. The van der Waals surface area contributed by atoms with Gasteiger partial charge in [-0.15, -0.1) is 10.2 Å². The van der Waals surface area contributed by atoms with E-state index >= 15 is 0 Å². The molecule has 192 valence electrons. The third-order valence-electron chi connectivity index (χ3n) is 7.62. The second-order valence-electron chi connectivity index (χ2n) is 11.5. The summed E-state index contributed by atoms with van der Waals surface area (Å²) in [4.78, 5) is 19.4. The Hall–Kier alpha value is -3.17. The van der Waals surface area contributed by atoms with E-state index < -0.39 is 5.91 Å². The van der Waals surface area contributed by atoms with Crippen molar-refractivity contribution >= 4 is 45.4 Å². The molecule has 1 saturated carbocycles. The van der Waals surface area contributed by atoms with Gasteiger partial charge in [-0.2, -0.15) is 0 Å². The van der Waals surface area contributed by atoms with Gasteiger partial charge in [0.25, 0.3) is 11.1 Å². The van der Waals surface area contributed by atoms with E-state index in [2.05, 4.69) is 40.9 Å². The molecule has 37 heavy (non-hydrogen) atoms. The molecule has 1 N–H and O–H groups in total. The average Bonchev–Trinajstić information content (AvgIpc) is 3.46. The number of azo groups is 1. The maximum Gasteiger partial charge on any atom is 0.275 e. The molecule has 2 bridgehead atoms. The van der Waals surface area contributed by atoms with Crippen LogP contribution in [0.15, 0.2) is 68.4 Å². The Morgan fingerprint density at radius 1 is 1.16 bits per heavy atom. The van der Waals surface area contributed by atoms with Gasteiger partial charge in [-0.1, -0.05) is 62.9 Å². The van der Waals surface area contributed by atoms with Gasteiger partial charge < -0.3 is 9.52 Å². The number of nitrogens with zero attached hydrogens (tertiary/aromatic N) is 5. The summed E-state index contributed by atoms with van der Waals surface area (Å²) in [6, 6.07) is 15.7. The Labute approximate surface area is 219 Å². The number of hydrogen-bond acceptors (Lipinski definition) is 7. The van der Waals surface area contributed by atoms with Crippen LogP contribution in [0.4, 0.5) is 5.69 Å². The van der Waals surface area contributed by atoms with Crippen LogP contribution in [0.1, 0.15) is 40.0 Å². The highest BCUT2D eigenvalue weighted by Gasteiger charge is 2.49. The number of likely N-dealkylation sites (tertiary alicyclic amines) is 1. The highest BCUT2D eigenvalue weighted by molar-refractivity contribution is 7.99. The fourth-order valence-corrected chi connectivity index (χ4v) is 7.22. The van der Waals surface area contributed by atoms with Crippen LogP contribution in [0.2, 0.25) is 0 Å². The lowest BCUT2D eigenvalue weighted by atomic mass is 9.65. The molecular weight excluding hydrogens is 486 g/mol. The summed E-state index contributed by atoms with van der Waals surface area (Å²) in [6.07, 6.45) is 3.56. The molecular formula is C28H31N5O3S. The van der Waals surface area contributed by atoms with Crippen molar-refractivity contribution in [2.75, 3.05) is 12.3 Å². The highest BCUT2D eigenvalue weighted by atomic mass is 32.2. The molecule has 2 aromatic heterocycles. The predicted octanol–water partition coefficient (Wildman–Crippen LogP) is 6.75. The summed E-state index contributed by atoms with van der Waals surface area (Å²) in [7, 11) is 0. The van der Waals surface area contributed by atoms with Gasteiger partial charge in [-0.05, 0) is 48.3 Å². The lowest BCUT2D eigenvalue weighted by molar-refractivity contribution is -0.115. The number of aromatic hydroxyl groups is 1. The Bertz CT molecular complexity index is 1490. The van der Waals surface area contributed by atoms with Crippen molar-refractivity contribution < 1.29 is 14.3 Å². The largest absolute Gasteiger partial charge is 0.493 e. The summed E-state index contributed by atoms with van der Waals surface area (Å²) >= 11 is 1.18. The number of carbonyl (C=O) groups is 1. The van der Waals surface area contributed by atoms with E-state index in [0.717, 1.165) is 29.4 Å². The molecule has 1 aliphatic heterocycles. The van der Waals surface area contributed by atoms with E-state index in [0.29, 0.717) is 40.0 Å². The molecule has 2 aromatic carbocycles. The molecule has 0 spiro atoms. The predicted molar refractivity (Wildman–Crippen MR) is 144 cm³/mol. The van der Waals surface area contributed by atoms with Crippen molar-refractivity contribution in [3.05, 3.63) is 48.5 Å². The normalized spacial score (nSPS) is 23.5. The van der Waals surface area contributed by atoms with Crippen LogP contribution in [0.3, 0.4) is 0 Å². The highest BCUT2D eigenvalue weighted by Crippen LogP contribution is 2.53. The van der Waals surface area contributed by atoms with Crippen LogP contribution in [0.5, 0.6) is 5.88 Å². The van der Waals surface area contributed by atoms with Crippen LogP contribution < -0.4 is 0 Å². The zero-order valence-corrected chi connectivity index (χ0v) is 22.2. The molecule has 0 radical (unpaired) electrons. The maximum absolute atomic E-state index is 12.5. The monoisotopic (exact) mass is 517 g/mol. The lowest BCUT2D eigenvalue weighted by Crippen LogP contribution is -2.35. The number of oxazole rings is 1. The van der Waals surface area contributed by atoms with Crippen molar-refractivity contribution in [1.29, 1.82) is 0 Å². The Morgan fingerprint density at radius 3 is 2.78 bits per heavy atom. The van der Waals surface area contributed by atoms with Crippen molar-refractivity contribution in [3.63, 3.8) is 0 Å². The van der Waals surface area contributed by atoms with Crippen LogP contribution in [-0.4, -0.2) is 43.8 Å². The molecule has 2 atom stereocenters. The van der Waals surface area contributed by atoms with Gasteiger partial charge in [-0.3, -0.25) is 14.3 Å². The molecule has 3 heterocycles. The molecule has 9 heteroatoms. The average molecular weight is 518 g/mol. The molecule has 1 saturated heterocycles. The topological polar surface area (TPSA) is 96.2 Å². The van der Waals surface area contributed by atoms with Gasteiger partial charge in [0.05, 0.1) is 17.9 Å². The second-order valence-corrected chi connectivity index (χ2v) is 12.5. The fraction of sp³-hybridized carbons (Fsp3) is 0.429. The van der Waals surface area contributed by atoms with Gasteiger partial charge in [0.1, 0.15) is 5.52 Å². The standard InChI is InChI=1S/C28H31N5O3S/c1-27(2)12-18-13-28(3,15-27)16-32(18)17-33-21-10-6-4-8-19(21)24(25(33)35)31-30-23(34)14-37-26-29-20-9-5-7-11-22(20)36-26/h4-11,18,35H,12-17H2,1-3H3/t18-,28-/m0/s1. The van der Waals surface area contributed by atoms with E-state index in [4.69, 9.17) is 4.42 Å². The number of benzene rings is 2. The van der Waals surface area contributed by atoms with E-state index in [1.807, 2.05) is 53.1 Å². The third-order valence-corrected chi connectivity index (χ3v) is 8.43. The number of hydrogen-bond donors (Lipinski definition) is 1. The molecule has 4 aromatic rings. The molecule has 2 aliphatic rings. The summed E-state index contributed by atoms with van der Waals surface area (Å²) in [5.41, 5.74) is 3.25. The number of carbonyl (C=O) groups excluding carboxylic acids is 1. The minimum Gasteiger partial charge on any atom is -0.493 e. The van der Waals surface area contributed by atoms with Crippen LogP contribution in [0.25, 0.3) is 22.0 Å². The van der Waals surface area contributed by atoms with E-state index in [-0.39, 0.29) is 11.6 Å². The minimum atomic E-state index is -0.424. The smallest absolute Gasteiger partial charge is 0.275 e. The Kier molecular flexibility index (Phi) is 5.88. The number of rotatable bonds is 6. The number of fused-ring (bicyclic) bond motifs is 4. The first-order valence-electron chi connectivity index (χ1n) is 12.7. The van der Waals surface area contributed by atoms with Crippen LogP contribution in [-0.2, 0) is 11.5 Å². The first-order chi connectivity index (χ1) is 17.7. The molecule has 8 nitrogen and oxygen atoms in total. The minimum absolute atomic E-state index is 0.0372. The first kappa shape index (κ1) is 24.2. The van der Waals surface area contributed by atoms with Crippen LogP contribution >= 0.6 is 11.8 Å². The Morgan fingerprint density at radius 2 is 1.95 bits per heavy atom. The molecule has 2 fully saturated rings. The van der Waals surface area contributed by atoms with Gasteiger partial charge in [0.15, 0.2) is 11.3 Å². The Balaban J connectivity index is 1.21. The van der Waals surface area contributed by atoms with Crippen LogP contribution in [0, 0.1) is 10.8 Å². The zero-order chi connectivity index (χ0) is 25.8. The summed E-state index contributed by atoms with van der Waals surface area (Å²) in [5.74, 6) is -0.346. The molecule has 1 aliphatic carbocycles. The number of amides is 1. The quantitative estimate of drug-likeness (QED) is 0.224. The van der Waals surface area contributed by atoms with Gasteiger partial charge in [0, 0.05) is 18.0 Å². The van der Waals surface area contributed by atoms with Gasteiger partial charge in [-0.25, -0.2) is 4.98 Å². The van der Waals surface area contributed by atoms with Crippen molar-refractivity contribution in [2.24, 2.45) is 21.1 Å². The molecule has 1 amide bonds. The first-order valence-corrected chi connectivity index (χ1v) is 13.7. The molecule has 0 unspecified atom stereocenters. The van der Waals surface area contributed by atoms with E-state index in [1.54, 1.807) is 0 Å². The zero-order valence-electron chi connectivity index (χ0n) is 21.3. The van der Waals surface area contributed by atoms with Gasteiger partial charge in [0.2, 0.25) is 5.88 Å². The van der Waals surface area contributed by atoms with Gasteiger partial charge >= 0.3 is 0 Å². The molecule has 6 rings (SSSR count). The maximum atomic E-state index is 12.5. The number of aromatic nitrogens is 2. The van der Waals surface area contributed by atoms with E-state index in [9.17, 15) is 9.90 Å². The van der Waals surface area contributed by atoms with Crippen molar-refractivity contribution in [1.82, 2.24) is 14.5 Å². The summed E-state index contributed by atoms with van der Waals surface area (Å²) in [5, 5.41) is 20.5. The van der Waals surface area contributed by atoms with Crippen molar-refractivity contribution in [3.8, 4) is 5.88 Å². The lowest BCUT2D eigenvalue weighted by Gasteiger charge is -2.40. The number of para-hydroxylation sites is 3.